The first kappa shape index (κ1) is 12.1. The van der Waals surface area contributed by atoms with Crippen molar-refractivity contribution in [3.8, 4) is 11.3 Å². The largest absolute Gasteiger partial charge is 0.354 e. The first-order valence-corrected chi connectivity index (χ1v) is 6.68. The summed E-state index contributed by atoms with van der Waals surface area (Å²) in [7, 11) is 0. The molecule has 4 heteroatoms. The van der Waals surface area contributed by atoms with Crippen molar-refractivity contribution in [2.24, 2.45) is 0 Å². The Morgan fingerprint density at radius 2 is 1.79 bits per heavy atom. The Morgan fingerprint density at radius 3 is 2.53 bits per heavy atom. The summed E-state index contributed by atoms with van der Waals surface area (Å²) in [6, 6.07) is 10.5. The predicted octanol–water partition coefficient (Wildman–Crippen LogP) is 1.86. The molecule has 3 rings (SSSR count). The lowest BCUT2D eigenvalue weighted by Gasteiger charge is -2.28. The van der Waals surface area contributed by atoms with E-state index in [4.69, 9.17) is 0 Å². The summed E-state index contributed by atoms with van der Waals surface area (Å²) in [6.45, 7) is 6.14. The number of anilines is 1. The number of nitrogens with zero attached hydrogens (tertiary/aromatic N) is 3. The molecular formula is C15H18N4. The predicted molar refractivity (Wildman–Crippen MR) is 77.3 cm³/mol. The number of hydrogen-bond donors (Lipinski definition) is 1. The van der Waals surface area contributed by atoms with Crippen LogP contribution in [0.15, 0.2) is 36.7 Å². The van der Waals surface area contributed by atoms with Crippen molar-refractivity contribution in [1.29, 1.82) is 0 Å². The van der Waals surface area contributed by atoms with Crippen molar-refractivity contribution in [2.45, 2.75) is 6.92 Å². The highest BCUT2D eigenvalue weighted by atomic mass is 15.2. The fourth-order valence-corrected chi connectivity index (χ4v) is 2.30. The molecule has 19 heavy (non-hydrogen) atoms. The number of benzene rings is 1. The van der Waals surface area contributed by atoms with Gasteiger partial charge < -0.3 is 10.2 Å². The van der Waals surface area contributed by atoms with Gasteiger partial charge in [-0.25, -0.2) is 9.97 Å². The van der Waals surface area contributed by atoms with Crippen LogP contribution in [0, 0.1) is 6.92 Å². The van der Waals surface area contributed by atoms with Gasteiger partial charge in [0.25, 0.3) is 0 Å². The lowest BCUT2D eigenvalue weighted by molar-refractivity contribution is 0.584. The zero-order valence-corrected chi connectivity index (χ0v) is 11.1. The molecule has 1 aromatic carbocycles. The van der Waals surface area contributed by atoms with Crippen LogP contribution in [0.25, 0.3) is 11.3 Å². The molecule has 0 saturated carbocycles. The molecule has 0 spiro atoms. The average Bonchev–Trinajstić information content (AvgIpc) is 2.49. The van der Waals surface area contributed by atoms with Gasteiger partial charge in [-0.3, -0.25) is 0 Å². The van der Waals surface area contributed by atoms with Crippen LogP contribution < -0.4 is 10.2 Å². The number of rotatable bonds is 2. The second kappa shape index (κ2) is 5.36. The Morgan fingerprint density at radius 1 is 1.05 bits per heavy atom. The van der Waals surface area contributed by atoms with Crippen molar-refractivity contribution in [3.05, 3.63) is 42.2 Å². The molecule has 1 aromatic heterocycles. The number of piperazine rings is 1. The minimum atomic E-state index is 0.989. The molecule has 0 unspecified atom stereocenters. The summed E-state index contributed by atoms with van der Waals surface area (Å²) < 4.78 is 0. The van der Waals surface area contributed by atoms with Gasteiger partial charge in [-0.1, -0.05) is 29.8 Å². The highest BCUT2D eigenvalue weighted by Crippen LogP contribution is 2.21. The van der Waals surface area contributed by atoms with Gasteiger partial charge in [0.05, 0.1) is 5.69 Å². The molecule has 0 amide bonds. The quantitative estimate of drug-likeness (QED) is 0.888. The smallest absolute Gasteiger partial charge is 0.132 e. The minimum absolute atomic E-state index is 0.989. The van der Waals surface area contributed by atoms with Gasteiger partial charge >= 0.3 is 0 Å². The maximum Gasteiger partial charge on any atom is 0.132 e. The van der Waals surface area contributed by atoms with E-state index in [1.54, 1.807) is 6.33 Å². The molecule has 4 nitrogen and oxygen atoms in total. The molecular weight excluding hydrogens is 236 g/mol. The summed E-state index contributed by atoms with van der Waals surface area (Å²) in [6.07, 6.45) is 1.66. The zero-order valence-electron chi connectivity index (χ0n) is 11.1. The topological polar surface area (TPSA) is 41.0 Å². The third-order valence-corrected chi connectivity index (χ3v) is 3.44. The molecule has 0 atom stereocenters. The molecule has 1 fully saturated rings. The van der Waals surface area contributed by atoms with Crippen molar-refractivity contribution in [1.82, 2.24) is 15.3 Å². The third kappa shape index (κ3) is 2.74. The van der Waals surface area contributed by atoms with E-state index in [0.29, 0.717) is 0 Å². The lowest BCUT2D eigenvalue weighted by atomic mass is 10.1. The minimum Gasteiger partial charge on any atom is -0.354 e. The molecule has 0 bridgehead atoms. The number of nitrogens with one attached hydrogen (secondary N) is 1. The van der Waals surface area contributed by atoms with Gasteiger partial charge in [0.1, 0.15) is 12.1 Å². The molecule has 1 aliphatic heterocycles. The first-order chi connectivity index (χ1) is 9.33. The zero-order chi connectivity index (χ0) is 13.1. The Labute approximate surface area is 113 Å². The molecule has 2 aromatic rings. The van der Waals surface area contributed by atoms with Gasteiger partial charge in [-0.15, -0.1) is 0 Å². The monoisotopic (exact) mass is 254 g/mol. The van der Waals surface area contributed by atoms with Crippen LogP contribution >= 0.6 is 0 Å². The SMILES string of the molecule is Cc1ccc(-c2cc(N3CCNCC3)ncn2)cc1. The van der Waals surface area contributed by atoms with Crippen molar-refractivity contribution >= 4 is 5.82 Å². The van der Waals surface area contributed by atoms with E-state index in [1.165, 1.54) is 5.56 Å². The van der Waals surface area contributed by atoms with Crippen molar-refractivity contribution in [2.75, 3.05) is 31.1 Å². The van der Waals surface area contributed by atoms with Crippen LogP contribution in [-0.2, 0) is 0 Å². The third-order valence-electron chi connectivity index (χ3n) is 3.44. The number of aromatic nitrogens is 2. The van der Waals surface area contributed by atoms with Crippen LogP contribution in [-0.4, -0.2) is 36.1 Å². The van der Waals surface area contributed by atoms with Crippen LogP contribution in [0.1, 0.15) is 5.56 Å². The molecule has 2 heterocycles. The standard InChI is InChI=1S/C15H18N4/c1-12-2-4-13(5-3-12)14-10-15(18-11-17-14)19-8-6-16-7-9-19/h2-5,10-11,16H,6-9H2,1H3. The van der Waals surface area contributed by atoms with E-state index in [0.717, 1.165) is 43.3 Å². The van der Waals surface area contributed by atoms with E-state index in [-0.39, 0.29) is 0 Å². The molecule has 0 radical (unpaired) electrons. The number of hydrogen-bond acceptors (Lipinski definition) is 4. The Kier molecular flexibility index (Phi) is 3.42. The molecule has 1 N–H and O–H groups in total. The Hall–Kier alpha value is -1.94. The van der Waals surface area contributed by atoms with Crippen molar-refractivity contribution < 1.29 is 0 Å². The number of aryl methyl sites for hydroxylation is 1. The van der Waals surface area contributed by atoms with Crippen molar-refractivity contribution in [3.63, 3.8) is 0 Å². The summed E-state index contributed by atoms with van der Waals surface area (Å²) in [5, 5.41) is 3.35. The van der Waals surface area contributed by atoms with Crippen LogP contribution in [0.3, 0.4) is 0 Å². The highest BCUT2D eigenvalue weighted by molar-refractivity contribution is 5.62. The fourth-order valence-electron chi connectivity index (χ4n) is 2.30. The maximum atomic E-state index is 4.39. The second-order valence-electron chi connectivity index (χ2n) is 4.86. The maximum absolute atomic E-state index is 4.39. The Bertz CT molecular complexity index is 544. The van der Waals surface area contributed by atoms with Gasteiger partial charge in [-0.05, 0) is 6.92 Å². The van der Waals surface area contributed by atoms with E-state index < -0.39 is 0 Å². The van der Waals surface area contributed by atoms with E-state index >= 15 is 0 Å². The first-order valence-electron chi connectivity index (χ1n) is 6.68. The molecule has 0 aliphatic carbocycles. The molecule has 1 aliphatic rings. The summed E-state index contributed by atoms with van der Waals surface area (Å²) >= 11 is 0. The van der Waals surface area contributed by atoms with Crippen LogP contribution in [0.5, 0.6) is 0 Å². The second-order valence-corrected chi connectivity index (χ2v) is 4.86. The van der Waals surface area contributed by atoms with Gasteiger partial charge in [-0.2, -0.15) is 0 Å². The van der Waals surface area contributed by atoms with E-state index in [1.807, 2.05) is 0 Å². The summed E-state index contributed by atoms with van der Waals surface area (Å²) in [5.41, 5.74) is 3.40. The van der Waals surface area contributed by atoms with E-state index in [2.05, 4.69) is 57.4 Å². The molecule has 98 valence electrons. The van der Waals surface area contributed by atoms with Crippen LogP contribution in [0.2, 0.25) is 0 Å². The normalized spacial score (nSPS) is 15.5. The Balaban J connectivity index is 1.88. The lowest BCUT2D eigenvalue weighted by Crippen LogP contribution is -2.43. The van der Waals surface area contributed by atoms with Gasteiger partial charge in [0, 0.05) is 37.8 Å². The van der Waals surface area contributed by atoms with Gasteiger partial charge in [0.15, 0.2) is 0 Å². The highest BCUT2D eigenvalue weighted by Gasteiger charge is 2.12. The van der Waals surface area contributed by atoms with Gasteiger partial charge in [0.2, 0.25) is 0 Å². The van der Waals surface area contributed by atoms with Crippen LogP contribution in [0.4, 0.5) is 5.82 Å². The van der Waals surface area contributed by atoms with E-state index in [9.17, 15) is 0 Å². The fraction of sp³-hybridized carbons (Fsp3) is 0.333. The summed E-state index contributed by atoms with van der Waals surface area (Å²) in [5.74, 6) is 1.02. The average molecular weight is 254 g/mol. The summed E-state index contributed by atoms with van der Waals surface area (Å²) in [4.78, 5) is 11.1. The molecule has 1 saturated heterocycles.